The Balaban J connectivity index is 2.12. The first-order valence-electron chi connectivity index (χ1n) is 4.99. The van der Waals surface area contributed by atoms with Crippen LogP contribution in [-0.4, -0.2) is 18.9 Å². The molecular weight excluding hydrogens is 179 g/mol. The first-order chi connectivity index (χ1) is 6.67. The Bertz CT molecular complexity index is 294. The molecule has 0 aliphatic carbocycles. The molecule has 1 fully saturated rings. The molecule has 1 aromatic carbocycles. The molecule has 1 aromatic rings. The van der Waals surface area contributed by atoms with Crippen LogP contribution in [0.4, 0.5) is 4.39 Å². The Morgan fingerprint density at radius 1 is 1.36 bits per heavy atom. The van der Waals surface area contributed by atoms with Crippen LogP contribution in [0.5, 0.6) is 0 Å². The van der Waals surface area contributed by atoms with Gasteiger partial charge in [-0.1, -0.05) is 30.3 Å². The van der Waals surface area contributed by atoms with Gasteiger partial charge >= 0.3 is 0 Å². The summed E-state index contributed by atoms with van der Waals surface area (Å²) in [5, 5.41) is 0. The largest absolute Gasteiger partial charge is 0.378 e. The molecule has 1 nitrogen and oxygen atoms in total. The van der Waals surface area contributed by atoms with E-state index < -0.39 is 5.67 Å². The van der Waals surface area contributed by atoms with Crippen molar-refractivity contribution >= 4 is 0 Å². The number of alkyl halides is 1. The van der Waals surface area contributed by atoms with E-state index in [1.54, 1.807) is 6.92 Å². The second kappa shape index (κ2) is 3.70. The molecule has 2 rings (SSSR count). The van der Waals surface area contributed by atoms with Crippen LogP contribution in [0, 0.1) is 0 Å². The van der Waals surface area contributed by atoms with Gasteiger partial charge in [0, 0.05) is 5.92 Å². The molecule has 14 heavy (non-hydrogen) atoms. The zero-order valence-corrected chi connectivity index (χ0v) is 8.37. The topological polar surface area (TPSA) is 9.23 Å². The van der Waals surface area contributed by atoms with Gasteiger partial charge in [-0.05, 0) is 18.9 Å². The summed E-state index contributed by atoms with van der Waals surface area (Å²) < 4.78 is 19.0. The number of rotatable bonds is 1. The molecule has 1 aliphatic heterocycles. The third-order valence-corrected chi connectivity index (χ3v) is 2.67. The van der Waals surface area contributed by atoms with E-state index in [4.69, 9.17) is 4.74 Å². The molecule has 0 spiro atoms. The molecule has 0 bridgehead atoms. The number of halogens is 1. The minimum Gasteiger partial charge on any atom is -0.378 e. The Morgan fingerprint density at radius 2 is 2.07 bits per heavy atom. The summed E-state index contributed by atoms with van der Waals surface area (Å²) in [5.41, 5.74) is 0.00902. The fraction of sp³-hybridized carbons (Fsp3) is 0.500. The van der Waals surface area contributed by atoms with Crippen LogP contribution in [0.3, 0.4) is 0 Å². The van der Waals surface area contributed by atoms with Crippen molar-refractivity contribution in [2.45, 2.75) is 24.9 Å². The van der Waals surface area contributed by atoms with Gasteiger partial charge in [0.1, 0.15) is 5.67 Å². The third-order valence-electron chi connectivity index (χ3n) is 2.67. The van der Waals surface area contributed by atoms with Crippen LogP contribution in [0.1, 0.15) is 24.8 Å². The summed E-state index contributed by atoms with van der Waals surface area (Å²) in [6.07, 6.45) is 0.566. The minimum absolute atomic E-state index is 0.208. The maximum atomic E-state index is 13.7. The summed E-state index contributed by atoms with van der Waals surface area (Å²) >= 11 is 0. The highest BCUT2D eigenvalue weighted by atomic mass is 19.1. The van der Waals surface area contributed by atoms with E-state index in [9.17, 15) is 4.39 Å². The lowest BCUT2D eigenvalue weighted by atomic mass is 9.87. The van der Waals surface area contributed by atoms with Crippen molar-refractivity contribution in [1.29, 1.82) is 0 Å². The van der Waals surface area contributed by atoms with Crippen molar-refractivity contribution in [1.82, 2.24) is 0 Å². The monoisotopic (exact) mass is 194 g/mol. The second-order valence-electron chi connectivity index (χ2n) is 4.24. The van der Waals surface area contributed by atoms with Crippen LogP contribution in [-0.2, 0) is 4.74 Å². The molecule has 0 N–H and O–H groups in total. The highest BCUT2D eigenvalue weighted by molar-refractivity contribution is 5.20. The van der Waals surface area contributed by atoms with Crippen LogP contribution in [0.25, 0.3) is 0 Å². The van der Waals surface area contributed by atoms with E-state index in [0.717, 1.165) is 0 Å². The highest BCUT2D eigenvalue weighted by Gasteiger charge is 2.33. The summed E-state index contributed by atoms with van der Waals surface area (Å²) in [6.45, 7) is 2.49. The molecular formula is C12H15FO. The Labute approximate surface area is 83.9 Å². The van der Waals surface area contributed by atoms with E-state index in [-0.39, 0.29) is 12.5 Å². The highest BCUT2D eigenvalue weighted by Crippen LogP contribution is 2.33. The van der Waals surface area contributed by atoms with Crippen molar-refractivity contribution in [3.8, 4) is 0 Å². The van der Waals surface area contributed by atoms with Gasteiger partial charge < -0.3 is 4.74 Å². The lowest BCUT2D eigenvalue weighted by molar-refractivity contribution is -0.0324. The van der Waals surface area contributed by atoms with E-state index in [1.807, 2.05) is 30.3 Å². The maximum absolute atomic E-state index is 13.7. The molecule has 2 atom stereocenters. The average Bonchev–Trinajstić information content (AvgIpc) is 2.18. The van der Waals surface area contributed by atoms with Crippen molar-refractivity contribution in [2.24, 2.45) is 0 Å². The SMILES string of the molecule is C[C@@]1(F)COC[C@@H](c2ccccc2)C1. The van der Waals surface area contributed by atoms with Crippen LogP contribution < -0.4 is 0 Å². The van der Waals surface area contributed by atoms with Gasteiger partial charge in [-0.3, -0.25) is 0 Å². The zero-order valence-electron chi connectivity index (χ0n) is 8.37. The molecule has 0 radical (unpaired) electrons. The molecule has 0 aromatic heterocycles. The van der Waals surface area contributed by atoms with Gasteiger partial charge in [-0.25, -0.2) is 4.39 Å². The first kappa shape index (κ1) is 9.66. The summed E-state index contributed by atoms with van der Waals surface area (Å²) in [5.74, 6) is 0.208. The van der Waals surface area contributed by atoms with Crippen LogP contribution >= 0.6 is 0 Å². The van der Waals surface area contributed by atoms with Gasteiger partial charge in [-0.2, -0.15) is 0 Å². The number of benzene rings is 1. The lowest BCUT2D eigenvalue weighted by Gasteiger charge is -2.32. The van der Waals surface area contributed by atoms with Gasteiger partial charge in [-0.15, -0.1) is 0 Å². The van der Waals surface area contributed by atoms with Crippen LogP contribution in [0.15, 0.2) is 30.3 Å². The zero-order chi connectivity index (χ0) is 10.0. The van der Waals surface area contributed by atoms with Crippen molar-refractivity contribution in [2.75, 3.05) is 13.2 Å². The maximum Gasteiger partial charge on any atom is 0.132 e. The first-order valence-corrected chi connectivity index (χ1v) is 4.99. The van der Waals surface area contributed by atoms with Gasteiger partial charge in [0.05, 0.1) is 13.2 Å². The third kappa shape index (κ3) is 2.13. The summed E-state index contributed by atoms with van der Waals surface area (Å²) in [4.78, 5) is 0. The normalized spacial score (nSPS) is 32.9. The lowest BCUT2D eigenvalue weighted by Crippen LogP contribution is -2.35. The standard InChI is InChI=1S/C12H15FO/c1-12(13)7-11(8-14-9-12)10-5-3-2-4-6-10/h2-6,11H,7-9H2,1H3/t11-,12-/m0/s1. The second-order valence-corrected chi connectivity index (χ2v) is 4.24. The van der Waals surface area contributed by atoms with Gasteiger partial charge in [0.15, 0.2) is 0 Å². The average molecular weight is 194 g/mol. The van der Waals surface area contributed by atoms with Crippen LogP contribution in [0.2, 0.25) is 0 Å². The predicted octanol–water partition coefficient (Wildman–Crippen LogP) is 2.92. The van der Waals surface area contributed by atoms with Crippen molar-refractivity contribution < 1.29 is 9.13 Å². The molecule has 1 aliphatic rings. The molecule has 0 saturated carbocycles. The molecule has 2 heteroatoms. The Hall–Kier alpha value is -0.890. The van der Waals surface area contributed by atoms with E-state index in [0.29, 0.717) is 13.0 Å². The van der Waals surface area contributed by atoms with Gasteiger partial charge in [0.25, 0.3) is 0 Å². The summed E-state index contributed by atoms with van der Waals surface area (Å²) in [7, 11) is 0. The van der Waals surface area contributed by atoms with E-state index >= 15 is 0 Å². The number of hydrogen-bond donors (Lipinski definition) is 0. The van der Waals surface area contributed by atoms with Crippen molar-refractivity contribution in [3.05, 3.63) is 35.9 Å². The summed E-state index contributed by atoms with van der Waals surface area (Å²) in [6, 6.07) is 10.0. The number of ether oxygens (including phenoxy) is 1. The fourth-order valence-corrected chi connectivity index (χ4v) is 1.98. The predicted molar refractivity (Wildman–Crippen MR) is 54.1 cm³/mol. The molecule has 0 amide bonds. The number of hydrogen-bond acceptors (Lipinski definition) is 1. The van der Waals surface area contributed by atoms with Crippen molar-refractivity contribution in [3.63, 3.8) is 0 Å². The minimum atomic E-state index is -1.17. The quantitative estimate of drug-likeness (QED) is 0.668. The molecule has 1 heterocycles. The molecule has 76 valence electrons. The fourth-order valence-electron chi connectivity index (χ4n) is 1.98. The molecule has 1 saturated heterocycles. The van der Waals surface area contributed by atoms with E-state index in [2.05, 4.69) is 0 Å². The van der Waals surface area contributed by atoms with Gasteiger partial charge in [0.2, 0.25) is 0 Å². The Morgan fingerprint density at radius 3 is 2.71 bits per heavy atom. The molecule has 0 unspecified atom stereocenters. The smallest absolute Gasteiger partial charge is 0.132 e. The Kier molecular flexibility index (Phi) is 2.55. The van der Waals surface area contributed by atoms with E-state index in [1.165, 1.54) is 5.56 Å².